The fourth-order valence-electron chi connectivity index (χ4n) is 2.10. The van der Waals surface area contributed by atoms with Gasteiger partial charge < -0.3 is 15.2 Å². The van der Waals surface area contributed by atoms with E-state index in [1.54, 1.807) is 12.1 Å². The van der Waals surface area contributed by atoms with Crippen molar-refractivity contribution in [1.29, 1.82) is 0 Å². The number of carbonyl (C=O) groups is 2. The molecule has 0 aliphatic carbocycles. The molecule has 7 heteroatoms. The van der Waals surface area contributed by atoms with Gasteiger partial charge in [0.15, 0.2) is 0 Å². The predicted octanol–water partition coefficient (Wildman–Crippen LogP) is -0.0793. The predicted molar refractivity (Wildman–Crippen MR) is 82.8 cm³/mol. The van der Waals surface area contributed by atoms with E-state index in [-0.39, 0.29) is 35.0 Å². The monoisotopic (exact) mass is 316 g/mol. The van der Waals surface area contributed by atoms with Gasteiger partial charge in [0.1, 0.15) is 12.2 Å². The van der Waals surface area contributed by atoms with E-state index < -0.39 is 17.4 Å². The van der Waals surface area contributed by atoms with Crippen molar-refractivity contribution < 1.29 is 14.7 Å². The first-order chi connectivity index (χ1) is 10.8. The van der Waals surface area contributed by atoms with Gasteiger partial charge in [0, 0.05) is 11.4 Å². The third kappa shape index (κ3) is 3.56. The van der Waals surface area contributed by atoms with E-state index >= 15 is 0 Å². The summed E-state index contributed by atoms with van der Waals surface area (Å²) in [6, 6.07) is 6.14. The minimum atomic E-state index is -1.49. The van der Waals surface area contributed by atoms with Crippen molar-refractivity contribution in [2.24, 2.45) is 5.92 Å². The number of benzene rings is 1. The van der Waals surface area contributed by atoms with Crippen LogP contribution in [0.5, 0.6) is 0 Å². The largest absolute Gasteiger partial charge is 0.543 e. The fourth-order valence-corrected chi connectivity index (χ4v) is 2.10. The molecule has 2 aromatic rings. The Bertz CT molecular complexity index is 811. The van der Waals surface area contributed by atoms with Crippen LogP contribution < -0.4 is 16.0 Å². The van der Waals surface area contributed by atoms with Gasteiger partial charge in [-0.3, -0.25) is 9.59 Å². The van der Waals surface area contributed by atoms with Gasteiger partial charge in [0.2, 0.25) is 5.91 Å². The summed E-state index contributed by atoms with van der Waals surface area (Å²) in [5.74, 6) is -1.66. The molecule has 0 radical (unpaired) electrons. The van der Waals surface area contributed by atoms with Crippen molar-refractivity contribution in [2.75, 3.05) is 0 Å². The lowest BCUT2D eigenvalue weighted by Gasteiger charge is -2.18. The van der Waals surface area contributed by atoms with Crippen LogP contribution in [0.25, 0.3) is 10.8 Å². The molecule has 7 nitrogen and oxygen atoms in total. The number of nitrogens with one attached hydrogen (secondary N) is 1. The molecule has 0 spiro atoms. The lowest BCUT2D eigenvalue weighted by Crippen LogP contribution is -2.41. The zero-order chi connectivity index (χ0) is 17.1. The molecule has 0 unspecified atom stereocenters. The summed E-state index contributed by atoms with van der Waals surface area (Å²) in [7, 11) is 0. The minimum absolute atomic E-state index is 0.0701. The first kappa shape index (κ1) is 16.7. The minimum Gasteiger partial charge on any atom is -0.543 e. The zero-order valence-electron chi connectivity index (χ0n) is 13.2. The second-order valence-corrected chi connectivity index (χ2v) is 5.74. The second-order valence-electron chi connectivity index (χ2n) is 5.74. The van der Waals surface area contributed by atoms with Crippen LogP contribution in [0.1, 0.15) is 31.3 Å². The molecule has 0 bridgehead atoms. The van der Waals surface area contributed by atoms with Crippen LogP contribution in [0.2, 0.25) is 0 Å². The molecule has 23 heavy (non-hydrogen) atoms. The van der Waals surface area contributed by atoms with Crippen molar-refractivity contribution >= 4 is 22.6 Å². The quantitative estimate of drug-likeness (QED) is 0.831. The van der Waals surface area contributed by atoms with Crippen molar-refractivity contribution in [3.8, 4) is 0 Å². The van der Waals surface area contributed by atoms with Crippen LogP contribution in [0.4, 0.5) is 0 Å². The van der Waals surface area contributed by atoms with Crippen LogP contribution in [-0.4, -0.2) is 27.7 Å². The topological polar surface area (TPSA) is 104 Å². The summed E-state index contributed by atoms with van der Waals surface area (Å²) in [4.78, 5) is 35.6. The lowest BCUT2D eigenvalue weighted by atomic mass is 10.1. The van der Waals surface area contributed by atoms with Crippen LogP contribution in [0.3, 0.4) is 0 Å². The number of aromatic carboxylic acids is 1. The van der Waals surface area contributed by atoms with Crippen molar-refractivity contribution in [3.63, 3.8) is 0 Å². The number of fused-ring (bicyclic) bond motifs is 1. The average Bonchev–Trinajstić information content (AvgIpc) is 2.49. The van der Waals surface area contributed by atoms with Crippen LogP contribution >= 0.6 is 0 Å². The molecule has 1 atom stereocenters. The molecule has 0 aliphatic rings. The zero-order valence-corrected chi connectivity index (χ0v) is 13.2. The highest BCUT2D eigenvalue weighted by Gasteiger charge is 2.15. The summed E-state index contributed by atoms with van der Waals surface area (Å²) in [6.07, 6.45) is 0. The Morgan fingerprint density at radius 2 is 1.83 bits per heavy atom. The Balaban J connectivity index is 2.42. The van der Waals surface area contributed by atoms with Crippen molar-refractivity contribution in [3.05, 3.63) is 40.3 Å². The van der Waals surface area contributed by atoms with E-state index in [2.05, 4.69) is 10.4 Å². The SMILES string of the molecule is CC(C)[C@@H](C)NC(=O)Cn1nc(C(=O)[O-])c2ccccc2c1=O. The smallest absolute Gasteiger partial charge is 0.275 e. The molecule has 1 N–H and O–H groups in total. The number of carboxylic acids is 1. The Labute approximate surface area is 132 Å². The van der Waals surface area contributed by atoms with Gasteiger partial charge in [-0.15, -0.1) is 0 Å². The number of carbonyl (C=O) groups excluding carboxylic acids is 2. The van der Waals surface area contributed by atoms with Gasteiger partial charge in [-0.25, -0.2) is 4.68 Å². The number of aromatic nitrogens is 2. The first-order valence-electron chi connectivity index (χ1n) is 7.31. The molecule has 1 aromatic heterocycles. The number of carboxylic acid groups (broad SMARTS) is 1. The third-order valence-electron chi connectivity index (χ3n) is 3.74. The number of hydrogen-bond donors (Lipinski definition) is 1. The molecule has 0 fully saturated rings. The van der Waals surface area contributed by atoms with Crippen LogP contribution in [0.15, 0.2) is 29.1 Å². The van der Waals surface area contributed by atoms with E-state index in [1.165, 1.54) is 12.1 Å². The normalized spacial score (nSPS) is 12.3. The maximum absolute atomic E-state index is 12.4. The fraction of sp³-hybridized carbons (Fsp3) is 0.375. The standard InChI is InChI=1S/C16H19N3O4/c1-9(2)10(3)17-13(20)8-19-15(21)12-7-5-4-6-11(12)14(18-19)16(22)23/h4-7,9-10H,8H2,1-3H3,(H,17,20)(H,22,23)/p-1/t10-/m1/s1. The molecule has 122 valence electrons. The Kier molecular flexibility index (Phi) is 4.78. The average molecular weight is 316 g/mol. The Morgan fingerprint density at radius 3 is 2.39 bits per heavy atom. The number of nitrogens with zero attached hydrogens (tertiary/aromatic N) is 2. The van der Waals surface area contributed by atoms with E-state index in [0.29, 0.717) is 0 Å². The van der Waals surface area contributed by atoms with Gasteiger partial charge in [0.25, 0.3) is 5.56 Å². The molecule has 0 saturated carbocycles. The lowest BCUT2D eigenvalue weighted by molar-refractivity contribution is -0.255. The molecule has 1 amide bonds. The Hall–Kier alpha value is -2.70. The van der Waals surface area contributed by atoms with Gasteiger partial charge in [-0.2, -0.15) is 5.10 Å². The highest BCUT2D eigenvalue weighted by atomic mass is 16.4. The van der Waals surface area contributed by atoms with E-state index in [9.17, 15) is 19.5 Å². The second kappa shape index (κ2) is 6.60. The maximum Gasteiger partial charge on any atom is 0.275 e. The van der Waals surface area contributed by atoms with Crippen LogP contribution in [0, 0.1) is 5.92 Å². The van der Waals surface area contributed by atoms with Gasteiger partial charge in [0.05, 0.1) is 11.4 Å². The molecule has 0 aliphatic heterocycles. The van der Waals surface area contributed by atoms with E-state index in [0.717, 1.165) is 4.68 Å². The van der Waals surface area contributed by atoms with Crippen molar-refractivity contribution in [2.45, 2.75) is 33.4 Å². The van der Waals surface area contributed by atoms with E-state index in [1.807, 2.05) is 20.8 Å². The Morgan fingerprint density at radius 1 is 1.22 bits per heavy atom. The molecule has 2 rings (SSSR count). The van der Waals surface area contributed by atoms with Crippen molar-refractivity contribution in [1.82, 2.24) is 15.1 Å². The summed E-state index contributed by atoms with van der Waals surface area (Å²) in [5, 5.41) is 18.2. The third-order valence-corrected chi connectivity index (χ3v) is 3.74. The molecule has 0 saturated heterocycles. The van der Waals surface area contributed by atoms with Gasteiger partial charge in [-0.1, -0.05) is 32.0 Å². The summed E-state index contributed by atoms with van der Waals surface area (Å²) in [6.45, 7) is 5.42. The van der Waals surface area contributed by atoms with E-state index in [4.69, 9.17) is 0 Å². The first-order valence-corrected chi connectivity index (χ1v) is 7.31. The number of rotatable bonds is 5. The highest BCUT2D eigenvalue weighted by Crippen LogP contribution is 2.12. The molecule has 1 heterocycles. The molecular formula is C16H18N3O4-. The highest BCUT2D eigenvalue weighted by molar-refractivity contribution is 6.00. The summed E-state index contributed by atoms with van der Waals surface area (Å²) >= 11 is 0. The maximum atomic E-state index is 12.4. The number of hydrogen-bond acceptors (Lipinski definition) is 5. The van der Waals surface area contributed by atoms with Crippen LogP contribution in [-0.2, 0) is 11.3 Å². The summed E-state index contributed by atoms with van der Waals surface area (Å²) in [5.41, 5.74) is -0.872. The molecular weight excluding hydrogens is 298 g/mol. The molecule has 1 aromatic carbocycles. The number of amides is 1. The summed E-state index contributed by atoms with van der Waals surface area (Å²) < 4.78 is 0.857. The van der Waals surface area contributed by atoms with Gasteiger partial charge in [-0.05, 0) is 18.9 Å². The van der Waals surface area contributed by atoms with Gasteiger partial charge >= 0.3 is 0 Å².